The smallest absolute Gasteiger partial charge is 0.225 e. The van der Waals surface area contributed by atoms with Crippen LogP contribution in [0.25, 0.3) is 0 Å². The van der Waals surface area contributed by atoms with Crippen LogP contribution in [0.3, 0.4) is 0 Å². The minimum absolute atomic E-state index is 0.0140. The van der Waals surface area contributed by atoms with Crippen molar-refractivity contribution in [3.8, 4) is 0 Å². The lowest BCUT2D eigenvalue weighted by Crippen LogP contribution is -2.47. The molecule has 1 aromatic carbocycles. The number of rotatable bonds is 5. The number of halogens is 1. The number of benzene rings is 1. The molecule has 0 N–H and O–H groups in total. The average molecular weight is 390 g/mol. The molecule has 28 heavy (non-hydrogen) atoms. The Morgan fingerprint density at radius 1 is 1.04 bits per heavy atom. The molecule has 2 fully saturated rings. The Kier molecular flexibility index (Phi) is 7.05. The van der Waals surface area contributed by atoms with E-state index in [4.69, 9.17) is 4.74 Å². The molecule has 0 bridgehead atoms. The number of amides is 2. The highest BCUT2D eigenvalue weighted by atomic mass is 19.1. The topological polar surface area (TPSA) is 49.9 Å². The number of carbonyl (C=O) groups excluding carboxylic acids is 2. The van der Waals surface area contributed by atoms with Gasteiger partial charge in [0, 0.05) is 38.5 Å². The van der Waals surface area contributed by atoms with E-state index < -0.39 is 0 Å². The molecule has 0 spiro atoms. The maximum absolute atomic E-state index is 13.2. The van der Waals surface area contributed by atoms with Crippen LogP contribution < -0.4 is 0 Å². The van der Waals surface area contributed by atoms with E-state index in [1.54, 1.807) is 12.1 Å². The molecule has 2 amide bonds. The molecule has 2 aliphatic rings. The van der Waals surface area contributed by atoms with Gasteiger partial charge in [-0.3, -0.25) is 9.59 Å². The number of hydrogen-bond acceptors (Lipinski definition) is 3. The fourth-order valence-corrected chi connectivity index (χ4v) is 4.18. The van der Waals surface area contributed by atoms with Gasteiger partial charge in [-0.1, -0.05) is 26.0 Å². The summed E-state index contributed by atoms with van der Waals surface area (Å²) in [7, 11) is 0. The van der Waals surface area contributed by atoms with E-state index in [1.807, 2.05) is 9.80 Å². The first kappa shape index (κ1) is 20.8. The lowest BCUT2D eigenvalue weighted by Gasteiger charge is -2.36. The van der Waals surface area contributed by atoms with Crippen molar-refractivity contribution in [1.82, 2.24) is 9.80 Å². The van der Waals surface area contributed by atoms with Gasteiger partial charge in [0.25, 0.3) is 0 Å². The third-order valence-corrected chi connectivity index (χ3v) is 6.02. The van der Waals surface area contributed by atoms with Crippen LogP contribution in [0.15, 0.2) is 24.3 Å². The fraction of sp³-hybridized carbons (Fsp3) is 0.636. The van der Waals surface area contributed by atoms with E-state index in [9.17, 15) is 14.0 Å². The highest BCUT2D eigenvalue weighted by molar-refractivity contribution is 5.80. The van der Waals surface area contributed by atoms with E-state index in [0.717, 1.165) is 18.4 Å². The van der Waals surface area contributed by atoms with Crippen molar-refractivity contribution in [2.75, 3.05) is 39.4 Å². The van der Waals surface area contributed by atoms with Gasteiger partial charge in [-0.2, -0.15) is 0 Å². The quantitative estimate of drug-likeness (QED) is 0.776. The summed E-state index contributed by atoms with van der Waals surface area (Å²) in [6.45, 7) is 8.02. The SMILES string of the molecule is CC(C)C(CC(=O)N1CCC(C(=O)N2CCOCC2)CC1)c1ccc(F)cc1. The summed E-state index contributed by atoms with van der Waals surface area (Å²) in [5.41, 5.74) is 1.00. The third kappa shape index (κ3) is 5.10. The van der Waals surface area contributed by atoms with Crippen molar-refractivity contribution in [1.29, 1.82) is 0 Å². The highest BCUT2D eigenvalue weighted by Crippen LogP contribution is 2.30. The van der Waals surface area contributed by atoms with E-state index >= 15 is 0 Å². The second-order valence-electron chi connectivity index (χ2n) is 8.20. The second kappa shape index (κ2) is 9.50. The van der Waals surface area contributed by atoms with Gasteiger partial charge in [0.05, 0.1) is 13.2 Å². The zero-order valence-electron chi connectivity index (χ0n) is 16.9. The summed E-state index contributed by atoms with van der Waals surface area (Å²) >= 11 is 0. The number of carbonyl (C=O) groups is 2. The first-order valence-corrected chi connectivity index (χ1v) is 10.4. The summed E-state index contributed by atoms with van der Waals surface area (Å²) in [5.74, 6) is 0.447. The molecule has 0 radical (unpaired) electrons. The number of ether oxygens (including phenoxy) is 1. The van der Waals surface area contributed by atoms with Crippen molar-refractivity contribution in [3.05, 3.63) is 35.6 Å². The van der Waals surface area contributed by atoms with Crippen molar-refractivity contribution >= 4 is 11.8 Å². The average Bonchev–Trinajstić information content (AvgIpc) is 2.72. The summed E-state index contributed by atoms with van der Waals surface area (Å²) in [4.78, 5) is 29.3. The Bertz CT molecular complexity index is 663. The van der Waals surface area contributed by atoms with Gasteiger partial charge in [0.2, 0.25) is 11.8 Å². The number of nitrogens with zero attached hydrogens (tertiary/aromatic N) is 2. The van der Waals surface area contributed by atoms with Gasteiger partial charge in [0.15, 0.2) is 0 Å². The Hall–Kier alpha value is -1.95. The monoisotopic (exact) mass is 390 g/mol. The Morgan fingerprint density at radius 2 is 1.64 bits per heavy atom. The maximum atomic E-state index is 13.2. The molecule has 154 valence electrons. The normalized spacial score (nSPS) is 19.7. The molecular weight excluding hydrogens is 359 g/mol. The van der Waals surface area contributed by atoms with E-state index in [1.165, 1.54) is 12.1 Å². The van der Waals surface area contributed by atoms with E-state index in [2.05, 4.69) is 13.8 Å². The van der Waals surface area contributed by atoms with Gasteiger partial charge in [-0.15, -0.1) is 0 Å². The molecular formula is C22H31FN2O3. The van der Waals surface area contributed by atoms with Crippen LogP contribution in [0.5, 0.6) is 0 Å². The lowest BCUT2D eigenvalue weighted by atomic mass is 9.85. The van der Waals surface area contributed by atoms with Crippen molar-refractivity contribution in [3.63, 3.8) is 0 Å². The number of hydrogen-bond donors (Lipinski definition) is 0. The molecule has 0 aromatic heterocycles. The van der Waals surface area contributed by atoms with Crippen LogP contribution in [0.4, 0.5) is 4.39 Å². The summed E-state index contributed by atoms with van der Waals surface area (Å²) in [5, 5.41) is 0. The van der Waals surface area contributed by atoms with Gasteiger partial charge >= 0.3 is 0 Å². The molecule has 0 aliphatic carbocycles. The van der Waals surface area contributed by atoms with Crippen molar-refractivity contribution in [2.24, 2.45) is 11.8 Å². The molecule has 1 atom stereocenters. The van der Waals surface area contributed by atoms with E-state index in [0.29, 0.717) is 45.8 Å². The fourth-order valence-electron chi connectivity index (χ4n) is 4.18. The van der Waals surface area contributed by atoms with Crippen LogP contribution in [0, 0.1) is 17.7 Å². The molecule has 3 rings (SSSR count). The molecule has 1 unspecified atom stereocenters. The highest BCUT2D eigenvalue weighted by Gasteiger charge is 2.32. The summed E-state index contributed by atoms with van der Waals surface area (Å²) in [6, 6.07) is 6.47. The molecule has 2 heterocycles. The van der Waals surface area contributed by atoms with Crippen LogP contribution in [-0.4, -0.2) is 61.0 Å². The molecule has 0 saturated carbocycles. The van der Waals surface area contributed by atoms with Gasteiger partial charge in [-0.25, -0.2) is 4.39 Å². The maximum Gasteiger partial charge on any atom is 0.225 e. The standard InChI is InChI=1S/C22H31FN2O3/c1-16(2)20(17-3-5-19(23)6-4-17)15-21(26)24-9-7-18(8-10-24)22(27)25-11-13-28-14-12-25/h3-6,16,18,20H,7-15H2,1-2H3. The molecule has 5 nitrogen and oxygen atoms in total. The van der Waals surface area contributed by atoms with Crippen LogP contribution >= 0.6 is 0 Å². The molecule has 1 aromatic rings. The first-order chi connectivity index (χ1) is 13.5. The first-order valence-electron chi connectivity index (χ1n) is 10.4. The zero-order valence-corrected chi connectivity index (χ0v) is 16.9. The van der Waals surface area contributed by atoms with Gasteiger partial charge in [0.1, 0.15) is 5.82 Å². The van der Waals surface area contributed by atoms with Crippen LogP contribution in [0.1, 0.15) is 44.6 Å². The van der Waals surface area contributed by atoms with Crippen molar-refractivity contribution < 1.29 is 18.7 Å². The van der Waals surface area contributed by atoms with Crippen LogP contribution in [0.2, 0.25) is 0 Å². The molecule has 6 heteroatoms. The minimum atomic E-state index is -0.260. The van der Waals surface area contributed by atoms with Crippen LogP contribution in [-0.2, 0) is 14.3 Å². The molecule has 2 aliphatic heterocycles. The lowest BCUT2D eigenvalue weighted by molar-refractivity contribution is -0.144. The van der Waals surface area contributed by atoms with E-state index in [-0.39, 0.29) is 35.4 Å². The number of piperidine rings is 1. The largest absolute Gasteiger partial charge is 0.378 e. The molecule has 2 saturated heterocycles. The summed E-state index contributed by atoms with van der Waals surface area (Å²) in [6.07, 6.45) is 1.88. The zero-order chi connectivity index (χ0) is 20.1. The third-order valence-electron chi connectivity index (χ3n) is 6.02. The minimum Gasteiger partial charge on any atom is -0.378 e. The second-order valence-corrected chi connectivity index (χ2v) is 8.20. The Morgan fingerprint density at radius 3 is 2.21 bits per heavy atom. The van der Waals surface area contributed by atoms with Crippen molar-refractivity contribution in [2.45, 2.75) is 39.0 Å². The van der Waals surface area contributed by atoms with Gasteiger partial charge in [-0.05, 0) is 42.4 Å². The number of morpholine rings is 1. The van der Waals surface area contributed by atoms with Gasteiger partial charge < -0.3 is 14.5 Å². The Balaban J connectivity index is 1.53. The predicted octanol–water partition coefficient (Wildman–Crippen LogP) is 3.05. The summed E-state index contributed by atoms with van der Waals surface area (Å²) < 4.78 is 18.5. The Labute approximate surface area is 166 Å². The number of likely N-dealkylation sites (tertiary alicyclic amines) is 1. The predicted molar refractivity (Wildman–Crippen MR) is 105 cm³/mol.